The van der Waals surface area contributed by atoms with Crippen LogP contribution < -0.4 is 11.5 Å². The Balaban J connectivity index is 3.84. The summed E-state index contributed by atoms with van der Waals surface area (Å²) in [6.07, 6.45) is 0. The Kier molecular flexibility index (Phi) is 7.39. The summed E-state index contributed by atoms with van der Waals surface area (Å²) in [6.45, 7) is 9.53. The van der Waals surface area contributed by atoms with E-state index in [4.69, 9.17) is 11.5 Å². The minimum Gasteiger partial charge on any atom is -0.329 e. The highest BCUT2D eigenvalue weighted by Gasteiger charge is 2.08. The summed E-state index contributed by atoms with van der Waals surface area (Å²) in [6, 6.07) is 0. The third kappa shape index (κ3) is 4.01. The summed E-state index contributed by atoms with van der Waals surface area (Å²) >= 11 is 0. The lowest BCUT2D eigenvalue weighted by molar-refractivity contribution is -0.0107. The number of likely N-dealkylation sites (N-methyl/N-ethyl adjacent to an activating group) is 2. The van der Waals surface area contributed by atoms with E-state index in [0.29, 0.717) is 13.1 Å². The number of hydrazine groups is 1. The fourth-order valence-electron chi connectivity index (χ4n) is 1.30. The van der Waals surface area contributed by atoms with E-state index >= 15 is 0 Å². The van der Waals surface area contributed by atoms with Crippen LogP contribution in [0.5, 0.6) is 0 Å². The van der Waals surface area contributed by atoms with E-state index < -0.39 is 0 Å². The highest BCUT2D eigenvalue weighted by molar-refractivity contribution is 4.56. The molecule has 0 spiro atoms. The fourth-order valence-corrected chi connectivity index (χ4v) is 1.30. The second-order valence-electron chi connectivity index (χ2n) is 2.67. The molecule has 0 radical (unpaired) electrons. The molecular formula is C8H22N4. The van der Waals surface area contributed by atoms with Gasteiger partial charge >= 0.3 is 0 Å². The van der Waals surface area contributed by atoms with Crippen LogP contribution in [-0.2, 0) is 0 Å². The van der Waals surface area contributed by atoms with Gasteiger partial charge in [0.1, 0.15) is 0 Å². The maximum absolute atomic E-state index is 5.49. The molecule has 0 aromatic rings. The summed E-state index contributed by atoms with van der Waals surface area (Å²) < 4.78 is 0. The summed E-state index contributed by atoms with van der Waals surface area (Å²) in [5, 5.41) is 4.49. The van der Waals surface area contributed by atoms with Crippen molar-refractivity contribution in [2.75, 3.05) is 39.3 Å². The number of rotatable bonds is 7. The Hall–Kier alpha value is -0.160. The van der Waals surface area contributed by atoms with E-state index in [1.165, 1.54) is 0 Å². The van der Waals surface area contributed by atoms with Crippen LogP contribution in [0.3, 0.4) is 0 Å². The molecule has 0 aromatic carbocycles. The van der Waals surface area contributed by atoms with Crippen LogP contribution in [0.1, 0.15) is 13.8 Å². The quantitative estimate of drug-likeness (QED) is 0.509. The molecular weight excluding hydrogens is 152 g/mol. The monoisotopic (exact) mass is 174 g/mol. The van der Waals surface area contributed by atoms with Crippen LogP contribution in [0, 0.1) is 0 Å². The molecule has 0 rings (SSSR count). The zero-order valence-electron chi connectivity index (χ0n) is 8.29. The Morgan fingerprint density at radius 3 is 1.33 bits per heavy atom. The Morgan fingerprint density at radius 2 is 1.17 bits per heavy atom. The molecule has 4 N–H and O–H groups in total. The molecule has 0 aromatic heterocycles. The molecule has 4 heteroatoms. The summed E-state index contributed by atoms with van der Waals surface area (Å²) in [5.74, 6) is 0. The van der Waals surface area contributed by atoms with E-state index in [2.05, 4.69) is 23.9 Å². The van der Waals surface area contributed by atoms with Crippen molar-refractivity contribution in [2.24, 2.45) is 11.5 Å². The van der Waals surface area contributed by atoms with Crippen molar-refractivity contribution in [3.63, 3.8) is 0 Å². The lowest BCUT2D eigenvalue weighted by Gasteiger charge is -2.32. The standard InChI is InChI=1S/C8H22N4/c1-3-11(7-5-9)12(4-2)8-6-10/h3-10H2,1-2H3. The second kappa shape index (κ2) is 7.49. The van der Waals surface area contributed by atoms with Crippen molar-refractivity contribution in [3.8, 4) is 0 Å². The van der Waals surface area contributed by atoms with Crippen molar-refractivity contribution >= 4 is 0 Å². The van der Waals surface area contributed by atoms with Crippen molar-refractivity contribution < 1.29 is 0 Å². The van der Waals surface area contributed by atoms with Crippen LogP contribution >= 0.6 is 0 Å². The third-order valence-electron chi connectivity index (χ3n) is 1.90. The van der Waals surface area contributed by atoms with Crippen LogP contribution in [0.4, 0.5) is 0 Å². The molecule has 0 atom stereocenters. The van der Waals surface area contributed by atoms with Crippen LogP contribution in [0.25, 0.3) is 0 Å². The molecule has 0 aliphatic rings. The van der Waals surface area contributed by atoms with Crippen molar-refractivity contribution in [2.45, 2.75) is 13.8 Å². The first kappa shape index (κ1) is 11.8. The average molecular weight is 174 g/mol. The predicted molar refractivity (Wildman–Crippen MR) is 52.6 cm³/mol. The number of hydrogen-bond acceptors (Lipinski definition) is 4. The van der Waals surface area contributed by atoms with Gasteiger partial charge in [-0.2, -0.15) is 0 Å². The normalized spacial score (nSPS) is 11.5. The minimum absolute atomic E-state index is 0.703. The van der Waals surface area contributed by atoms with E-state index in [0.717, 1.165) is 26.2 Å². The van der Waals surface area contributed by atoms with Gasteiger partial charge in [-0.15, -0.1) is 0 Å². The molecule has 4 nitrogen and oxygen atoms in total. The molecule has 74 valence electrons. The van der Waals surface area contributed by atoms with Gasteiger partial charge in [-0.3, -0.25) is 0 Å². The van der Waals surface area contributed by atoms with E-state index in [9.17, 15) is 0 Å². The Bertz CT molecular complexity index is 85.1. The van der Waals surface area contributed by atoms with Gasteiger partial charge in [0.2, 0.25) is 0 Å². The largest absolute Gasteiger partial charge is 0.329 e. The molecule has 0 bridgehead atoms. The Labute approximate surface area is 75.5 Å². The molecule has 12 heavy (non-hydrogen) atoms. The van der Waals surface area contributed by atoms with Crippen molar-refractivity contribution in [1.82, 2.24) is 10.0 Å². The highest BCUT2D eigenvalue weighted by atomic mass is 15.6. The number of nitrogens with two attached hydrogens (primary N) is 2. The van der Waals surface area contributed by atoms with E-state index in [1.807, 2.05) is 0 Å². The molecule has 0 amide bonds. The third-order valence-corrected chi connectivity index (χ3v) is 1.90. The van der Waals surface area contributed by atoms with Crippen LogP contribution in [0.15, 0.2) is 0 Å². The van der Waals surface area contributed by atoms with E-state index in [1.54, 1.807) is 0 Å². The molecule has 0 saturated carbocycles. The van der Waals surface area contributed by atoms with Gasteiger partial charge in [-0.05, 0) is 0 Å². The summed E-state index contributed by atoms with van der Waals surface area (Å²) in [5.41, 5.74) is 11.0. The second-order valence-corrected chi connectivity index (χ2v) is 2.67. The van der Waals surface area contributed by atoms with Crippen molar-refractivity contribution in [1.29, 1.82) is 0 Å². The minimum atomic E-state index is 0.703. The van der Waals surface area contributed by atoms with Crippen LogP contribution in [0.2, 0.25) is 0 Å². The maximum atomic E-state index is 5.49. The molecule has 0 aliphatic carbocycles. The van der Waals surface area contributed by atoms with Crippen LogP contribution in [-0.4, -0.2) is 49.3 Å². The molecule has 0 heterocycles. The first-order valence-corrected chi connectivity index (χ1v) is 4.70. The predicted octanol–water partition coefficient (Wildman–Crippen LogP) is -0.537. The topological polar surface area (TPSA) is 58.5 Å². The van der Waals surface area contributed by atoms with Gasteiger partial charge in [-0.25, -0.2) is 10.0 Å². The average Bonchev–Trinajstić information content (AvgIpc) is 2.11. The van der Waals surface area contributed by atoms with Gasteiger partial charge in [0, 0.05) is 39.3 Å². The zero-order chi connectivity index (χ0) is 9.40. The van der Waals surface area contributed by atoms with Gasteiger partial charge in [0.25, 0.3) is 0 Å². The SMILES string of the molecule is CCN(CCN)N(CC)CCN. The van der Waals surface area contributed by atoms with Gasteiger partial charge in [0.15, 0.2) is 0 Å². The van der Waals surface area contributed by atoms with Gasteiger partial charge < -0.3 is 11.5 Å². The smallest absolute Gasteiger partial charge is 0.0256 e. The first-order valence-electron chi connectivity index (χ1n) is 4.70. The number of nitrogens with zero attached hydrogens (tertiary/aromatic N) is 2. The maximum Gasteiger partial charge on any atom is 0.0256 e. The summed E-state index contributed by atoms with van der Waals surface area (Å²) in [7, 11) is 0. The molecule has 0 saturated heterocycles. The Morgan fingerprint density at radius 1 is 0.833 bits per heavy atom. The van der Waals surface area contributed by atoms with Gasteiger partial charge in [-0.1, -0.05) is 13.8 Å². The number of hydrogen-bond donors (Lipinski definition) is 2. The van der Waals surface area contributed by atoms with E-state index in [-0.39, 0.29) is 0 Å². The molecule has 0 aliphatic heterocycles. The van der Waals surface area contributed by atoms with Crippen molar-refractivity contribution in [3.05, 3.63) is 0 Å². The fraction of sp³-hybridized carbons (Fsp3) is 1.00. The van der Waals surface area contributed by atoms with Gasteiger partial charge in [0.05, 0.1) is 0 Å². The zero-order valence-corrected chi connectivity index (χ0v) is 8.29. The highest BCUT2D eigenvalue weighted by Crippen LogP contribution is 1.95. The molecule has 0 fully saturated rings. The summed E-state index contributed by atoms with van der Waals surface area (Å²) in [4.78, 5) is 0. The first-order chi connectivity index (χ1) is 5.79. The lowest BCUT2D eigenvalue weighted by atomic mass is 10.5. The molecule has 0 unspecified atom stereocenters. The lowest BCUT2D eigenvalue weighted by Crippen LogP contribution is -2.46.